The lowest BCUT2D eigenvalue weighted by Crippen LogP contribution is -2.47. The molecule has 1 aromatic rings. The topological polar surface area (TPSA) is 78.9 Å². The third-order valence-corrected chi connectivity index (χ3v) is 6.83. The zero-order valence-electron chi connectivity index (χ0n) is 17.0. The highest BCUT2D eigenvalue weighted by Crippen LogP contribution is 2.44. The predicted molar refractivity (Wildman–Crippen MR) is 112 cm³/mol. The molecule has 3 aliphatic rings. The van der Waals surface area contributed by atoms with Crippen LogP contribution in [0.3, 0.4) is 0 Å². The second kappa shape index (κ2) is 8.19. The van der Waals surface area contributed by atoms with Crippen molar-refractivity contribution < 1.29 is 19.4 Å². The number of hydrogen-bond donors (Lipinski definition) is 2. The molecule has 0 radical (unpaired) electrons. The number of ether oxygens (including phenoxy) is 1. The van der Waals surface area contributed by atoms with Crippen LogP contribution in [0.5, 0.6) is 0 Å². The monoisotopic (exact) mass is 398 g/mol. The quantitative estimate of drug-likeness (QED) is 0.805. The van der Waals surface area contributed by atoms with Crippen LogP contribution in [0.15, 0.2) is 24.3 Å². The molecule has 1 spiro atoms. The summed E-state index contributed by atoms with van der Waals surface area (Å²) in [6, 6.07) is 6.42. The second-order valence-corrected chi connectivity index (χ2v) is 8.71. The molecule has 2 N–H and O–H groups in total. The van der Waals surface area contributed by atoms with E-state index in [9.17, 15) is 9.59 Å². The highest BCUT2D eigenvalue weighted by Gasteiger charge is 2.37. The summed E-state index contributed by atoms with van der Waals surface area (Å²) in [4.78, 5) is 25.7. The number of amides is 2. The van der Waals surface area contributed by atoms with Crippen LogP contribution < -0.4 is 10.2 Å². The number of rotatable bonds is 4. The Hall–Kier alpha value is -2.34. The average Bonchev–Trinajstić information content (AvgIpc) is 3.06. The lowest BCUT2D eigenvalue weighted by Gasteiger charge is -2.37. The fourth-order valence-corrected chi connectivity index (χ4v) is 5.10. The zero-order chi connectivity index (χ0) is 20.4. The molecule has 2 aliphatic carbocycles. The predicted octanol–water partition coefficient (Wildman–Crippen LogP) is 3.94. The van der Waals surface area contributed by atoms with Gasteiger partial charge in [0.2, 0.25) is 5.91 Å². The van der Waals surface area contributed by atoms with Gasteiger partial charge in [-0.3, -0.25) is 4.79 Å². The maximum absolute atomic E-state index is 13.0. The molecule has 2 amide bonds. The Morgan fingerprint density at radius 1 is 1.21 bits per heavy atom. The Labute approximate surface area is 171 Å². The molecule has 1 heterocycles. The minimum Gasteiger partial charge on any atom is -0.465 e. The van der Waals surface area contributed by atoms with Gasteiger partial charge in [0.1, 0.15) is 6.54 Å². The standard InChI is InChI=1S/C23H30N2O4/c1-16-2-4-18(5-3-16)25(21(26)15-24-22(27)28)19-6-7-20-17(14-19)8-9-23(20)10-12-29-13-11-23/h6-9,14,16,18,24H,2-5,10-13,15H2,1H3,(H,27,28)/t16-,18-. The number of carboxylic acid groups (broad SMARTS) is 1. The van der Waals surface area contributed by atoms with Gasteiger partial charge in [0.25, 0.3) is 0 Å². The number of nitrogens with zero attached hydrogens (tertiary/aromatic N) is 1. The van der Waals surface area contributed by atoms with Crippen LogP contribution in [-0.2, 0) is 14.9 Å². The zero-order valence-corrected chi connectivity index (χ0v) is 17.0. The van der Waals surface area contributed by atoms with Crippen molar-refractivity contribution in [1.82, 2.24) is 5.32 Å². The van der Waals surface area contributed by atoms with E-state index in [-0.39, 0.29) is 23.9 Å². The summed E-state index contributed by atoms with van der Waals surface area (Å²) in [6.45, 7) is 3.60. The van der Waals surface area contributed by atoms with Gasteiger partial charge < -0.3 is 20.1 Å². The largest absolute Gasteiger partial charge is 0.465 e. The van der Waals surface area contributed by atoms with Crippen molar-refractivity contribution in [3.05, 3.63) is 35.4 Å². The van der Waals surface area contributed by atoms with Crippen molar-refractivity contribution in [3.63, 3.8) is 0 Å². The molecule has 1 aromatic carbocycles. The van der Waals surface area contributed by atoms with Gasteiger partial charge in [-0.25, -0.2) is 4.79 Å². The number of allylic oxidation sites excluding steroid dienone is 1. The molecular formula is C23H30N2O4. The minimum atomic E-state index is -1.17. The first kappa shape index (κ1) is 20.0. The van der Waals surface area contributed by atoms with Crippen LogP contribution in [0.4, 0.5) is 10.5 Å². The van der Waals surface area contributed by atoms with Crippen molar-refractivity contribution in [3.8, 4) is 0 Å². The molecule has 0 bridgehead atoms. The van der Waals surface area contributed by atoms with E-state index in [1.807, 2.05) is 11.0 Å². The van der Waals surface area contributed by atoms with E-state index in [0.29, 0.717) is 5.92 Å². The fourth-order valence-electron chi connectivity index (χ4n) is 5.10. The molecular weight excluding hydrogens is 368 g/mol. The Morgan fingerprint density at radius 2 is 1.93 bits per heavy atom. The van der Waals surface area contributed by atoms with E-state index in [1.54, 1.807) is 0 Å². The second-order valence-electron chi connectivity index (χ2n) is 8.71. The van der Waals surface area contributed by atoms with E-state index < -0.39 is 6.09 Å². The number of anilines is 1. The van der Waals surface area contributed by atoms with Crippen LogP contribution in [0, 0.1) is 5.92 Å². The van der Waals surface area contributed by atoms with Crippen molar-refractivity contribution in [2.75, 3.05) is 24.7 Å². The number of carbonyl (C=O) groups excluding carboxylic acids is 1. The van der Waals surface area contributed by atoms with Gasteiger partial charge in [0.15, 0.2) is 0 Å². The van der Waals surface area contributed by atoms with E-state index >= 15 is 0 Å². The van der Waals surface area contributed by atoms with Crippen molar-refractivity contribution in [2.24, 2.45) is 5.92 Å². The van der Waals surface area contributed by atoms with Crippen LogP contribution in [0.25, 0.3) is 6.08 Å². The normalized spacial score (nSPS) is 24.9. The summed E-state index contributed by atoms with van der Waals surface area (Å²) in [7, 11) is 0. The molecule has 0 atom stereocenters. The first-order valence-electron chi connectivity index (χ1n) is 10.7. The number of hydrogen-bond acceptors (Lipinski definition) is 3. The van der Waals surface area contributed by atoms with Crippen molar-refractivity contribution in [1.29, 1.82) is 0 Å². The lowest BCUT2D eigenvalue weighted by atomic mass is 9.76. The molecule has 0 unspecified atom stereocenters. The Kier molecular flexibility index (Phi) is 5.63. The smallest absolute Gasteiger partial charge is 0.405 e. The summed E-state index contributed by atoms with van der Waals surface area (Å²) >= 11 is 0. The summed E-state index contributed by atoms with van der Waals surface area (Å²) in [5, 5.41) is 11.2. The number of nitrogens with one attached hydrogen (secondary N) is 1. The summed E-state index contributed by atoms with van der Waals surface area (Å²) in [6.07, 6.45) is 9.36. The summed E-state index contributed by atoms with van der Waals surface area (Å²) < 4.78 is 5.56. The molecule has 6 nitrogen and oxygen atoms in total. The summed E-state index contributed by atoms with van der Waals surface area (Å²) in [5.74, 6) is 0.492. The highest BCUT2D eigenvalue weighted by molar-refractivity contribution is 5.97. The van der Waals surface area contributed by atoms with Crippen LogP contribution in [0.2, 0.25) is 0 Å². The molecule has 1 aliphatic heterocycles. The van der Waals surface area contributed by atoms with Gasteiger partial charge in [-0.2, -0.15) is 0 Å². The first-order chi connectivity index (χ1) is 14.0. The van der Waals surface area contributed by atoms with Gasteiger partial charge in [0, 0.05) is 30.4 Å². The SMILES string of the molecule is C[C@H]1CC[C@H](N(C(=O)CNC(=O)O)c2ccc3c(c2)C=CC32CCOCC2)CC1. The molecule has 2 fully saturated rings. The maximum Gasteiger partial charge on any atom is 0.405 e. The lowest BCUT2D eigenvalue weighted by molar-refractivity contribution is -0.118. The maximum atomic E-state index is 13.0. The van der Waals surface area contributed by atoms with E-state index in [0.717, 1.165) is 63.0 Å². The number of carbonyl (C=O) groups is 2. The highest BCUT2D eigenvalue weighted by atomic mass is 16.5. The first-order valence-corrected chi connectivity index (χ1v) is 10.7. The van der Waals surface area contributed by atoms with E-state index in [4.69, 9.17) is 9.84 Å². The molecule has 29 heavy (non-hydrogen) atoms. The number of fused-ring (bicyclic) bond motifs is 2. The average molecular weight is 399 g/mol. The molecule has 6 heteroatoms. The Balaban J connectivity index is 1.61. The van der Waals surface area contributed by atoms with E-state index in [1.165, 1.54) is 5.56 Å². The Morgan fingerprint density at radius 3 is 2.62 bits per heavy atom. The molecule has 4 rings (SSSR count). The van der Waals surface area contributed by atoms with Gasteiger partial charge in [-0.15, -0.1) is 0 Å². The number of benzene rings is 1. The fraction of sp³-hybridized carbons (Fsp3) is 0.565. The van der Waals surface area contributed by atoms with Gasteiger partial charge in [-0.1, -0.05) is 25.1 Å². The molecule has 1 saturated heterocycles. The van der Waals surface area contributed by atoms with Crippen LogP contribution >= 0.6 is 0 Å². The molecule has 1 saturated carbocycles. The molecule has 0 aromatic heterocycles. The van der Waals surface area contributed by atoms with Crippen molar-refractivity contribution in [2.45, 2.75) is 56.9 Å². The van der Waals surface area contributed by atoms with Crippen molar-refractivity contribution >= 4 is 23.8 Å². The van der Waals surface area contributed by atoms with Gasteiger partial charge in [0.05, 0.1) is 0 Å². The van der Waals surface area contributed by atoms with E-state index in [2.05, 4.69) is 36.5 Å². The van der Waals surface area contributed by atoms with Gasteiger partial charge >= 0.3 is 6.09 Å². The van der Waals surface area contributed by atoms with Crippen LogP contribution in [0.1, 0.15) is 56.6 Å². The third kappa shape index (κ3) is 4.04. The van der Waals surface area contributed by atoms with Crippen LogP contribution in [-0.4, -0.2) is 42.9 Å². The van der Waals surface area contributed by atoms with Gasteiger partial charge in [-0.05, 0) is 67.7 Å². The minimum absolute atomic E-state index is 0.0616. The summed E-state index contributed by atoms with van der Waals surface area (Å²) in [5.41, 5.74) is 3.41. The third-order valence-electron chi connectivity index (χ3n) is 6.83. The Bertz CT molecular complexity index is 805. The molecule has 156 valence electrons.